The largest absolute Gasteiger partial charge is 0.504 e. The summed E-state index contributed by atoms with van der Waals surface area (Å²) < 4.78 is 10.3. The average Bonchev–Trinajstić information content (AvgIpc) is 2.34. The summed E-state index contributed by atoms with van der Waals surface area (Å²) in [7, 11) is 0. The van der Waals surface area contributed by atoms with E-state index in [1.807, 2.05) is 0 Å². The van der Waals surface area contributed by atoms with Crippen molar-refractivity contribution < 1.29 is 24.2 Å². The van der Waals surface area contributed by atoms with Gasteiger partial charge in [0.1, 0.15) is 18.5 Å². The molecule has 0 heterocycles. The number of rotatable bonds is 5. The van der Waals surface area contributed by atoms with Crippen LogP contribution in [-0.2, 0) is 4.74 Å². The number of hydrogen-bond donors (Lipinski definition) is 2. The third-order valence-corrected chi connectivity index (χ3v) is 2.15. The van der Waals surface area contributed by atoms with E-state index in [-0.39, 0.29) is 24.7 Å². The lowest BCUT2D eigenvalue weighted by Crippen LogP contribution is -2.34. The van der Waals surface area contributed by atoms with Crippen molar-refractivity contribution in [2.45, 2.75) is 26.4 Å². The second-order valence-electron chi connectivity index (χ2n) is 5.12. The molecule has 0 aromatic heterocycles. The maximum atomic E-state index is 11.4. The fourth-order valence-corrected chi connectivity index (χ4v) is 1.35. The SMILES string of the molecule is CC(C)(C)OC(=O)NCCOc1cc(C=O)ccc1O. The lowest BCUT2D eigenvalue weighted by molar-refractivity contribution is 0.0520. The molecule has 1 aromatic rings. The highest BCUT2D eigenvalue weighted by molar-refractivity contribution is 5.76. The second-order valence-corrected chi connectivity index (χ2v) is 5.12. The summed E-state index contributed by atoms with van der Waals surface area (Å²) in [6, 6.07) is 4.28. The lowest BCUT2D eigenvalue weighted by Gasteiger charge is -2.19. The van der Waals surface area contributed by atoms with Crippen molar-refractivity contribution in [3.8, 4) is 11.5 Å². The maximum absolute atomic E-state index is 11.4. The Bertz CT molecular complexity index is 479. The second kappa shape index (κ2) is 6.79. The summed E-state index contributed by atoms with van der Waals surface area (Å²) in [5.41, 5.74) is -0.153. The Balaban J connectivity index is 2.38. The van der Waals surface area contributed by atoms with E-state index in [9.17, 15) is 14.7 Å². The first-order chi connectivity index (χ1) is 9.31. The van der Waals surface area contributed by atoms with E-state index in [1.54, 1.807) is 20.8 Å². The van der Waals surface area contributed by atoms with Gasteiger partial charge in [0.15, 0.2) is 11.5 Å². The van der Waals surface area contributed by atoms with Crippen LogP contribution in [0.3, 0.4) is 0 Å². The first-order valence-corrected chi connectivity index (χ1v) is 6.19. The molecule has 2 N–H and O–H groups in total. The van der Waals surface area contributed by atoms with Gasteiger partial charge in [-0.05, 0) is 39.0 Å². The number of benzene rings is 1. The molecule has 0 aliphatic carbocycles. The van der Waals surface area contributed by atoms with E-state index in [2.05, 4.69) is 5.32 Å². The van der Waals surface area contributed by atoms with Crippen molar-refractivity contribution in [2.24, 2.45) is 0 Å². The zero-order valence-corrected chi connectivity index (χ0v) is 11.8. The van der Waals surface area contributed by atoms with Crippen LogP contribution in [0.25, 0.3) is 0 Å². The van der Waals surface area contributed by atoms with Crippen molar-refractivity contribution in [3.05, 3.63) is 23.8 Å². The highest BCUT2D eigenvalue weighted by Gasteiger charge is 2.15. The van der Waals surface area contributed by atoms with E-state index < -0.39 is 11.7 Å². The molecule has 0 saturated heterocycles. The molecular formula is C14H19NO5. The van der Waals surface area contributed by atoms with E-state index in [4.69, 9.17) is 9.47 Å². The molecule has 0 atom stereocenters. The van der Waals surface area contributed by atoms with Gasteiger partial charge in [-0.1, -0.05) is 0 Å². The number of aromatic hydroxyl groups is 1. The van der Waals surface area contributed by atoms with E-state index in [0.717, 1.165) is 0 Å². The summed E-state index contributed by atoms with van der Waals surface area (Å²) in [6.07, 6.45) is 0.123. The maximum Gasteiger partial charge on any atom is 0.407 e. The van der Waals surface area contributed by atoms with Crippen LogP contribution in [0, 0.1) is 0 Å². The minimum atomic E-state index is -0.554. The number of nitrogens with one attached hydrogen (secondary N) is 1. The highest BCUT2D eigenvalue weighted by Crippen LogP contribution is 2.25. The molecule has 0 bridgehead atoms. The van der Waals surface area contributed by atoms with Crippen LogP contribution >= 0.6 is 0 Å². The van der Waals surface area contributed by atoms with Crippen LogP contribution in [0.1, 0.15) is 31.1 Å². The van der Waals surface area contributed by atoms with Crippen molar-refractivity contribution >= 4 is 12.4 Å². The number of phenolic OH excluding ortho intramolecular Hbond substituents is 1. The normalized spacial score (nSPS) is 10.8. The molecule has 6 nitrogen and oxygen atoms in total. The molecule has 0 fully saturated rings. The standard InChI is InChI=1S/C14H19NO5/c1-14(2,3)20-13(18)15-6-7-19-12-8-10(9-16)4-5-11(12)17/h4-5,8-9,17H,6-7H2,1-3H3,(H,15,18). The van der Waals surface area contributed by atoms with Gasteiger partial charge in [0.2, 0.25) is 0 Å². The third-order valence-electron chi connectivity index (χ3n) is 2.15. The van der Waals surface area contributed by atoms with Crippen LogP contribution < -0.4 is 10.1 Å². The molecular weight excluding hydrogens is 262 g/mol. The van der Waals surface area contributed by atoms with Gasteiger partial charge in [0.25, 0.3) is 0 Å². The van der Waals surface area contributed by atoms with Gasteiger partial charge in [-0.3, -0.25) is 4.79 Å². The Labute approximate surface area is 117 Å². The smallest absolute Gasteiger partial charge is 0.407 e. The van der Waals surface area contributed by atoms with Gasteiger partial charge in [-0.25, -0.2) is 4.79 Å². The average molecular weight is 281 g/mol. The first kappa shape index (κ1) is 15.8. The van der Waals surface area contributed by atoms with E-state index in [0.29, 0.717) is 11.8 Å². The van der Waals surface area contributed by atoms with Gasteiger partial charge < -0.3 is 19.9 Å². The van der Waals surface area contributed by atoms with E-state index in [1.165, 1.54) is 18.2 Å². The number of carbonyl (C=O) groups is 2. The van der Waals surface area contributed by atoms with Crippen LogP contribution in [-0.4, -0.2) is 36.2 Å². The summed E-state index contributed by atoms with van der Waals surface area (Å²) in [5, 5.41) is 12.1. The predicted octanol–water partition coefficient (Wildman–Crippen LogP) is 2.11. The highest BCUT2D eigenvalue weighted by atomic mass is 16.6. The topological polar surface area (TPSA) is 84.9 Å². The molecule has 0 spiro atoms. The Morgan fingerprint density at radius 1 is 1.40 bits per heavy atom. The van der Waals surface area contributed by atoms with Crippen LogP contribution in [0.4, 0.5) is 4.79 Å². The molecule has 20 heavy (non-hydrogen) atoms. The minimum Gasteiger partial charge on any atom is -0.504 e. The van der Waals surface area contributed by atoms with E-state index >= 15 is 0 Å². The minimum absolute atomic E-state index is 0.0622. The zero-order valence-electron chi connectivity index (χ0n) is 11.8. The zero-order chi connectivity index (χ0) is 15.2. The quantitative estimate of drug-likeness (QED) is 0.638. The van der Waals surface area contributed by atoms with Gasteiger partial charge in [-0.15, -0.1) is 0 Å². The number of amides is 1. The van der Waals surface area contributed by atoms with Gasteiger partial charge >= 0.3 is 6.09 Å². The molecule has 0 radical (unpaired) electrons. The Morgan fingerprint density at radius 2 is 2.10 bits per heavy atom. The van der Waals surface area contributed by atoms with Crippen LogP contribution in [0.15, 0.2) is 18.2 Å². The Hall–Kier alpha value is -2.24. The third kappa shape index (κ3) is 5.60. The summed E-state index contributed by atoms with van der Waals surface area (Å²) >= 11 is 0. The molecule has 6 heteroatoms. The summed E-state index contributed by atoms with van der Waals surface area (Å²) in [6.45, 7) is 5.68. The van der Waals surface area contributed by atoms with Gasteiger partial charge in [-0.2, -0.15) is 0 Å². The van der Waals surface area contributed by atoms with Crippen molar-refractivity contribution in [3.63, 3.8) is 0 Å². The fourth-order valence-electron chi connectivity index (χ4n) is 1.35. The molecule has 1 aromatic carbocycles. The molecule has 0 unspecified atom stereocenters. The number of ether oxygens (including phenoxy) is 2. The summed E-state index contributed by atoms with van der Waals surface area (Å²) in [4.78, 5) is 22.0. The van der Waals surface area contributed by atoms with Gasteiger partial charge in [0, 0.05) is 5.56 Å². The number of aldehydes is 1. The van der Waals surface area contributed by atoms with Crippen LogP contribution in [0.2, 0.25) is 0 Å². The number of hydrogen-bond acceptors (Lipinski definition) is 5. The molecule has 0 aliphatic heterocycles. The predicted molar refractivity (Wildman–Crippen MR) is 73.2 cm³/mol. The monoisotopic (exact) mass is 281 g/mol. The fraction of sp³-hybridized carbons (Fsp3) is 0.429. The molecule has 110 valence electrons. The number of carbonyl (C=O) groups excluding carboxylic acids is 2. The number of alkyl carbamates (subject to hydrolysis) is 1. The Morgan fingerprint density at radius 3 is 2.70 bits per heavy atom. The molecule has 0 aliphatic rings. The van der Waals surface area contributed by atoms with Crippen molar-refractivity contribution in [2.75, 3.05) is 13.2 Å². The van der Waals surface area contributed by atoms with Crippen molar-refractivity contribution in [1.29, 1.82) is 0 Å². The summed E-state index contributed by atoms with van der Waals surface area (Å²) in [5.74, 6) is 0.133. The molecule has 0 saturated carbocycles. The Kier molecular flexibility index (Phi) is 5.37. The van der Waals surface area contributed by atoms with Gasteiger partial charge in [0.05, 0.1) is 6.54 Å². The van der Waals surface area contributed by atoms with Crippen LogP contribution in [0.5, 0.6) is 11.5 Å². The van der Waals surface area contributed by atoms with Crippen molar-refractivity contribution in [1.82, 2.24) is 5.32 Å². The lowest BCUT2D eigenvalue weighted by atomic mass is 10.2. The first-order valence-electron chi connectivity index (χ1n) is 6.19. The molecule has 1 rings (SSSR count). The molecule has 1 amide bonds. The number of phenols is 1.